The second-order valence-corrected chi connectivity index (χ2v) is 5.17. The number of rotatable bonds is 5. The number of nitrogens with zero attached hydrogens (tertiary/aromatic N) is 2. The van der Waals surface area contributed by atoms with Gasteiger partial charge in [-0.25, -0.2) is 4.79 Å². The summed E-state index contributed by atoms with van der Waals surface area (Å²) in [6.45, 7) is 4.39. The van der Waals surface area contributed by atoms with E-state index in [1.807, 2.05) is 0 Å². The van der Waals surface area contributed by atoms with E-state index in [0.717, 1.165) is 32.8 Å². The Labute approximate surface area is 132 Å². The molecule has 0 unspecified atom stereocenters. The van der Waals surface area contributed by atoms with Crippen molar-refractivity contribution in [2.75, 3.05) is 39.4 Å². The maximum Gasteiger partial charge on any atom is 0.346 e. The molecule has 2 N–H and O–H groups in total. The lowest BCUT2D eigenvalue weighted by Crippen LogP contribution is -2.41. The summed E-state index contributed by atoms with van der Waals surface area (Å²) in [5.74, 6) is 0.101. The van der Waals surface area contributed by atoms with Crippen LogP contribution in [0.25, 0.3) is 11.5 Å². The topological polar surface area (TPSA) is 100 Å². The van der Waals surface area contributed by atoms with Gasteiger partial charge in [0.25, 0.3) is 5.91 Å². The second kappa shape index (κ2) is 7.21. The maximum atomic E-state index is 12.2. The highest BCUT2D eigenvalue weighted by Crippen LogP contribution is 2.16. The zero-order valence-electron chi connectivity index (χ0n) is 12.6. The van der Waals surface area contributed by atoms with Gasteiger partial charge in [0.1, 0.15) is 11.5 Å². The molecular formula is C15H18N4O4. The first kappa shape index (κ1) is 15.4. The van der Waals surface area contributed by atoms with E-state index in [-0.39, 0.29) is 11.6 Å². The fourth-order valence-corrected chi connectivity index (χ4v) is 2.38. The molecule has 0 atom stereocenters. The molecule has 0 bridgehead atoms. The van der Waals surface area contributed by atoms with Crippen molar-refractivity contribution in [3.63, 3.8) is 0 Å². The average Bonchev–Trinajstić information content (AvgIpc) is 3.10. The number of morpholine rings is 1. The van der Waals surface area contributed by atoms with Gasteiger partial charge >= 0.3 is 5.69 Å². The van der Waals surface area contributed by atoms with Gasteiger partial charge in [-0.3, -0.25) is 9.69 Å². The monoisotopic (exact) mass is 318 g/mol. The molecule has 23 heavy (non-hydrogen) atoms. The molecule has 8 nitrogen and oxygen atoms in total. The number of nitrogens with one attached hydrogen (secondary N) is 2. The van der Waals surface area contributed by atoms with E-state index < -0.39 is 5.69 Å². The molecule has 122 valence electrons. The van der Waals surface area contributed by atoms with Crippen molar-refractivity contribution in [1.29, 1.82) is 0 Å². The number of carbonyl (C=O) groups is 1. The van der Waals surface area contributed by atoms with Crippen LogP contribution in [0.1, 0.15) is 10.5 Å². The van der Waals surface area contributed by atoms with E-state index in [1.54, 1.807) is 12.1 Å². The zero-order chi connectivity index (χ0) is 16.1. The molecule has 1 fully saturated rings. The molecule has 0 radical (unpaired) electrons. The number of carbonyl (C=O) groups excluding carboxylic acids is 1. The molecule has 2 aromatic heterocycles. The van der Waals surface area contributed by atoms with E-state index in [4.69, 9.17) is 9.15 Å². The quantitative estimate of drug-likeness (QED) is 0.810. The van der Waals surface area contributed by atoms with Crippen LogP contribution in [0.2, 0.25) is 0 Å². The standard InChI is InChI=1S/C15H18N4O4/c20-14(16-3-4-19-5-8-22-9-6-19)12-10-11(17-15(21)18-12)13-2-1-7-23-13/h1-2,7,10H,3-6,8-9H2,(H,16,20)(H,17,18,21). The van der Waals surface area contributed by atoms with Crippen LogP contribution in [0.4, 0.5) is 0 Å². The number of hydrogen-bond donors (Lipinski definition) is 2. The van der Waals surface area contributed by atoms with Crippen LogP contribution in [0, 0.1) is 0 Å². The highest BCUT2D eigenvalue weighted by atomic mass is 16.5. The van der Waals surface area contributed by atoms with Gasteiger partial charge in [0.15, 0.2) is 0 Å². The van der Waals surface area contributed by atoms with Crippen molar-refractivity contribution >= 4 is 5.91 Å². The largest absolute Gasteiger partial charge is 0.463 e. The summed E-state index contributed by atoms with van der Waals surface area (Å²) >= 11 is 0. The Morgan fingerprint density at radius 3 is 2.96 bits per heavy atom. The SMILES string of the molecule is O=C(NCCN1CCOCC1)c1cc(-c2ccco2)[nH]c(=O)n1. The van der Waals surface area contributed by atoms with Crippen molar-refractivity contribution in [1.82, 2.24) is 20.2 Å². The van der Waals surface area contributed by atoms with Gasteiger partial charge in [-0.2, -0.15) is 4.98 Å². The van der Waals surface area contributed by atoms with E-state index in [0.29, 0.717) is 18.0 Å². The van der Waals surface area contributed by atoms with E-state index in [1.165, 1.54) is 12.3 Å². The van der Waals surface area contributed by atoms with E-state index >= 15 is 0 Å². The third-order valence-electron chi connectivity index (χ3n) is 3.58. The van der Waals surface area contributed by atoms with Gasteiger partial charge in [-0.15, -0.1) is 0 Å². The van der Waals surface area contributed by atoms with Gasteiger partial charge in [0, 0.05) is 26.2 Å². The minimum Gasteiger partial charge on any atom is -0.463 e. The predicted molar refractivity (Wildman–Crippen MR) is 82.2 cm³/mol. The first-order valence-corrected chi connectivity index (χ1v) is 7.46. The molecule has 1 saturated heterocycles. The molecular weight excluding hydrogens is 300 g/mol. The summed E-state index contributed by atoms with van der Waals surface area (Å²) in [5, 5.41) is 2.78. The fraction of sp³-hybridized carbons (Fsp3) is 0.400. The lowest BCUT2D eigenvalue weighted by Gasteiger charge is -2.26. The normalized spacial score (nSPS) is 15.5. The Kier molecular flexibility index (Phi) is 4.84. The van der Waals surface area contributed by atoms with Gasteiger partial charge in [0.05, 0.1) is 25.2 Å². The number of H-pyrrole nitrogens is 1. The van der Waals surface area contributed by atoms with Crippen LogP contribution in [-0.2, 0) is 4.74 Å². The summed E-state index contributed by atoms with van der Waals surface area (Å²) in [6.07, 6.45) is 1.50. The van der Waals surface area contributed by atoms with E-state index in [2.05, 4.69) is 20.2 Å². The maximum absolute atomic E-state index is 12.2. The number of hydrogen-bond acceptors (Lipinski definition) is 6. The third-order valence-corrected chi connectivity index (χ3v) is 3.58. The van der Waals surface area contributed by atoms with Gasteiger partial charge in [-0.1, -0.05) is 0 Å². The number of ether oxygens (including phenoxy) is 1. The lowest BCUT2D eigenvalue weighted by atomic mass is 10.2. The molecule has 0 spiro atoms. The van der Waals surface area contributed by atoms with Crippen molar-refractivity contribution in [3.05, 3.63) is 40.6 Å². The highest BCUT2D eigenvalue weighted by molar-refractivity contribution is 5.92. The van der Waals surface area contributed by atoms with Crippen molar-refractivity contribution in [3.8, 4) is 11.5 Å². The average molecular weight is 318 g/mol. The minimum atomic E-state index is -0.586. The number of aromatic nitrogens is 2. The Hall–Kier alpha value is -2.45. The predicted octanol–water partition coefficient (Wildman–Crippen LogP) is 0.0919. The Morgan fingerprint density at radius 2 is 2.22 bits per heavy atom. The molecule has 8 heteroatoms. The molecule has 0 saturated carbocycles. The van der Waals surface area contributed by atoms with Gasteiger partial charge in [0.2, 0.25) is 0 Å². The minimum absolute atomic E-state index is 0.0714. The Bertz CT molecular complexity index is 705. The van der Waals surface area contributed by atoms with Crippen molar-refractivity contribution < 1.29 is 13.9 Å². The van der Waals surface area contributed by atoms with E-state index in [9.17, 15) is 9.59 Å². The Balaban J connectivity index is 1.61. The summed E-state index contributed by atoms with van der Waals surface area (Å²) in [7, 11) is 0. The molecule has 0 aromatic carbocycles. The molecule has 0 aliphatic carbocycles. The zero-order valence-corrected chi connectivity index (χ0v) is 12.6. The molecule has 1 aliphatic rings. The molecule has 3 rings (SSSR count). The van der Waals surface area contributed by atoms with Crippen LogP contribution >= 0.6 is 0 Å². The fourth-order valence-electron chi connectivity index (χ4n) is 2.38. The summed E-state index contributed by atoms with van der Waals surface area (Å²) in [5.41, 5.74) is -0.0901. The first-order valence-electron chi connectivity index (χ1n) is 7.46. The highest BCUT2D eigenvalue weighted by Gasteiger charge is 2.14. The van der Waals surface area contributed by atoms with Crippen LogP contribution in [0.3, 0.4) is 0 Å². The molecule has 1 aliphatic heterocycles. The summed E-state index contributed by atoms with van der Waals surface area (Å²) in [6, 6.07) is 4.91. The second-order valence-electron chi connectivity index (χ2n) is 5.17. The molecule has 2 aromatic rings. The van der Waals surface area contributed by atoms with Gasteiger partial charge in [-0.05, 0) is 18.2 Å². The lowest BCUT2D eigenvalue weighted by molar-refractivity contribution is 0.0383. The molecule has 1 amide bonds. The van der Waals surface area contributed by atoms with Gasteiger partial charge < -0.3 is 19.5 Å². The smallest absolute Gasteiger partial charge is 0.346 e. The van der Waals surface area contributed by atoms with Crippen LogP contribution in [0.5, 0.6) is 0 Å². The number of furan rings is 1. The molecule has 3 heterocycles. The Morgan fingerprint density at radius 1 is 1.39 bits per heavy atom. The van der Waals surface area contributed by atoms with Crippen LogP contribution < -0.4 is 11.0 Å². The van der Waals surface area contributed by atoms with Crippen LogP contribution in [-0.4, -0.2) is 60.2 Å². The number of aromatic amines is 1. The van der Waals surface area contributed by atoms with Crippen molar-refractivity contribution in [2.45, 2.75) is 0 Å². The first-order chi connectivity index (χ1) is 11.2. The summed E-state index contributed by atoms with van der Waals surface area (Å²) in [4.78, 5) is 32.3. The summed E-state index contributed by atoms with van der Waals surface area (Å²) < 4.78 is 10.5. The van der Waals surface area contributed by atoms with Crippen LogP contribution in [0.15, 0.2) is 33.7 Å². The van der Waals surface area contributed by atoms with Crippen molar-refractivity contribution in [2.24, 2.45) is 0 Å². The number of amides is 1. The third kappa shape index (κ3) is 4.05.